The standard InChI is InChI=1S/C14H10N2O3S/c17-12(18)8-16-10-5-1-2-6-11(10)20-13-9(14(16)19)4-3-7-15-13/h1-7H,8H2,(H,17,18). The van der Waals surface area contributed by atoms with Gasteiger partial charge in [0.1, 0.15) is 11.6 Å². The number of carboxylic acids is 1. The number of para-hydroxylation sites is 1. The zero-order valence-electron chi connectivity index (χ0n) is 10.3. The molecule has 1 amide bonds. The molecule has 0 aliphatic carbocycles. The first kappa shape index (κ1) is 12.7. The van der Waals surface area contributed by atoms with Gasteiger partial charge in [-0.05, 0) is 24.3 Å². The lowest BCUT2D eigenvalue weighted by Gasteiger charge is -2.20. The molecule has 1 aliphatic heterocycles. The summed E-state index contributed by atoms with van der Waals surface area (Å²) < 4.78 is 0. The van der Waals surface area contributed by atoms with E-state index in [4.69, 9.17) is 5.11 Å². The Hall–Kier alpha value is -2.34. The monoisotopic (exact) mass is 286 g/mol. The predicted octanol–water partition coefficient (Wildman–Crippen LogP) is 2.28. The summed E-state index contributed by atoms with van der Waals surface area (Å²) in [5.74, 6) is -1.39. The Morgan fingerprint density at radius 2 is 2.05 bits per heavy atom. The van der Waals surface area contributed by atoms with Crippen molar-refractivity contribution in [2.24, 2.45) is 0 Å². The molecule has 20 heavy (non-hydrogen) atoms. The minimum atomic E-state index is -1.05. The van der Waals surface area contributed by atoms with Gasteiger partial charge in [0, 0.05) is 11.1 Å². The van der Waals surface area contributed by atoms with Gasteiger partial charge in [0.15, 0.2) is 0 Å². The van der Waals surface area contributed by atoms with E-state index in [-0.39, 0.29) is 12.5 Å². The number of aliphatic carboxylic acids is 1. The quantitative estimate of drug-likeness (QED) is 0.917. The van der Waals surface area contributed by atoms with Crippen molar-refractivity contribution in [1.29, 1.82) is 0 Å². The van der Waals surface area contributed by atoms with Crippen LogP contribution in [0.25, 0.3) is 0 Å². The molecule has 0 unspecified atom stereocenters. The van der Waals surface area contributed by atoms with E-state index < -0.39 is 5.97 Å². The molecule has 0 saturated carbocycles. The summed E-state index contributed by atoms with van der Waals surface area (Å²) in [7, 11) is 0. The molecule has 1 aromatic carbocycles. The number of nitrogens with zero attached hydrogens (tertiary/aromatic N) is 2. The van der Waals surface area contributed by atoms with Crippen LogP contribution in [-0.4, -0.2) is 28.5 Å². The van der Waals surface area contributed by atoms with Gasteiger partial charge in [-0.15, -0.1) is 0 Å². The molecule has 1 aliphatic rings. The molecule has 0 radical (unpaired) electrons. The minimum absolute atomic E-state index is 0.340. The number of aromatic nitrogens is 1. The molecular weight excluding hydrogens is 276 g/mol. The first-order valence-electron chi connectivity index (χ1n) is 5.92. The zero-order valence-corrected chi connectivity index (χ0v) is 11.1. The normalized spacial score (nSPS) is 13.4. The molecule has 0 fully saturated rings. The Labute approximate surface area is 119 Å². The van der Waals surface area contributed by atoms with Crippen LogP contribution in [0, 0.1) is 0 Å². The minimum Gasteiger partial charge on any atom is -0.480 e. The lowest BCUT2D eigenvalue weighted by molar-refractivity contribution is -0.135. The summed E-state index contributed by atoms with van der Waals surface area (Å²) in [5, 5.41) is 9.63. The summed E-state index contributed by atoms with van der Waals surface area (Å²) >= 11 is 1.37. The van der Waals surface area contributed by atoms with E-state index in [2.05, 4.69) is 4.98 Å². The van der Waals surface area contributed by atoms with Crippen molar-refractivity contribution in [3.63, 3.8) is 0 Å². The van der Waals surface area contributed by atoms with Crippen LogP contribution >= 0.6 is 11.8 Å². The first-order chi connectivity index (χ1) is 9.66. The molecule has 0 spiro atoms. The molecule has 1 N–H and O–H groups in total. The first-order valence-corrected chi connectivity index (χ1v) is 6.74. The zero-order chi connectivity index (χ0) is 14.1. The van der Waals surface area contributed by atoms with Gasteiger partial charge >= 0.3 is 5.97 Å². The number of carboxylic acid groups (broad SMARTS) is 1. The maximum Gasteiger partial charge on any atom is 0.323 e. The fourth-order valence-electron chi connectivity index (χ4n) is 2.05. The SMILES string of the molecule is O=C(O)CN1C(=O)c2cccnc2Sc2ccccc21. The van der Waals surface area contributed by atoms with E-state index in [1.165, 1.54) is 16.7 Å². The van der Waals surface area contributed by atoms with Gasteiger partial charge in [0.25, 0.3) is 5.91 Å². The van der Waals surface area contributed by atoms with Crippen LogP contribution < -0.4 is 4.90 Å². The van der Waals surface area contributed by atoms with Crippen LogP contribution in [0.15, 0.2) is 52.5 Å². The van der Waals surface area contributed by atoms with E-state index >= 15 is 0 Å². The second-order valence-corrected chi connectivity index (χ2v) is 5.24. The summed E-state index contributed by atoms with van der Waals surface area (Å²) in [4.78, 5) is 29.9. The second kappa shape index (κ2) is 4.97. The van der Waals surface area contributed by atoms with Crippen LogP contribution in [0.1, 0.15) is 10.4 Å². The van der Waals surface area contributed by atoms with E-state index in [1.54, 1.807) is 30.5 Å². The van der Waals surface area contributed by atoms with E-state index in [0.717, 1.165) is 4.90 Å². The molecular formula is C14H10N2O3S. The maximum absolute atomic E-state index is 12.5. The fourth-order valence-corrected chi connectivity index (χ4v) is 3.07. The fraction of sp³-hybridized carbons (Fsp3) is 0.0714. The van der Waals surface area contributed by atoms with Gasteiger partial charge in [0.05, 0.1) is 11.3 Å². The molecule has 2 aromatic rings. The average molecular weight is 286 g/mol. The van der Waals surface area contributed by atoms with Crippen molar-refractivity contribution in [3.05, 3.63) is 48.2 Å². The molecule has 3 rings (SSSR count). The molecule has 2 heterocycles. The van der Waals surface area contributed by atoms with Gasteiger partial charge < -0.3 is 5.11 Å². The summed E-state index contributed by atoms with van der Waals surface area (Å²) in [6.07, 6.45) is 1.62. The summed E-state index contributed by atoms with van der Waals surface area (Å²) in [5.41, 5.74) is 1.03. The predicted molar refractivity (Wildman–Crippen MR) is 74.1 cm³/mol. The van der Waals surface area contributed by atoms with Crippen molar-refractivity contribution in [1.82, 2.24) is 4.98 Å². The van der Waals surface area contributed by atoms with E-state index in [1.807, 2.05) is 12.1 Å². The lowest BCUT2D eigenvalue weighted by atomic mass is 10.2. The number of anilines is 1. The Bertz CT molecular complexity index is 702. The van der Waals surface area contributed by atoms with E-state index in [9.17, 15) is 9.59 Å². The highest BCUT2D eigenvalue weighted by atomic mass is 32.2. The molecule has 0 atom stereocenters. The highest BCUT2D eigenvalue weighted by Crippen LogP contribution is 2.39. The van der Waals surface area contributed by atoms with Gasteiger partial charge in [-0.3, -0.25) is 14.5 Å². The number of fused-ring (bicyclic) bond motifs is 2. The van der Waals surface area contributed by atoms with Gasteiger partial charge in [0.2, 0.25) is 0 Å². The van der Waals surface area contributed by atoms with Gasteiger partial charge in [-0.1, -0.05) is 23.9 Å². The Morgan fingerprint density at radius 3 is 2.85 bits per heavy atom. The third kappa shape index (κ3) is 2.14. The number of rotatable bonds is 2. The number of hydrogen-bond acceptors (Lipinski definition) is 4. The highest BCUT2D eigenvalue weighted by Gasteiger charge is 2.28. The third-order valence-electron chi connectivity index (χ3n) is 2.90. The summed E-state index contributed by atoms with van der Waals surface area (Å²) in [6, 6.07) is 10.6. The van der Waals surface area contributed by atoms with Crippen molar-refractivity contribution in [3.8, 4) is 0 Å². The smallest absolute Gasteiger partial charge is 0.323 e. The van der Waals surface area contributed by atoms with Crippen LogP contribution in [0.4, 0.5) is 5.69 Å². The third-order valence-corrected chi connectivity index (χ3v) is 3.99. The van der Waals surface area contributed by atoms with Crippen molar-refractivity contribution in [2.75, 3.05) is 11.4 Å². The molecule has 0 bridgehead atoms. The molecule has 0 saturated heterocycles. The Balaban J connectivity index is 2.19. The molecule has 5 nitrogen and oxygen atoms in total. The maximum atomic E-state index is 12.5. The number of carbonyl (C=O) groups is 2. The van der Waals surface area contributed by atoms with Gasteiger partial charge in [-0.25, -0.2) is 4.98 Å². The Morgan fingerprint density at radius 1 is 1.25 bits per heavy atom. The van der Waals surface area contributed by atoms with Crippen LogP contribution in [-0.2, 0) is 4.79 Å². The topological polar surface area (TPSA) is 70.5 Å². The lowest BCUT2D eigenvalue weighted by Crippen LogP contribution is -2.35. The number of amides is 1. The highest BCUT2D eigenvalue weighted by molar-refractivity contribution is 7.99. The number of hydrogen-bond donors (Lipinski definition) is 1. The van der Waals surface area contributed by atoms with Crippen LogP contribution in [0.2, 0.25) is 0 Å². The van der Waals surface area contributed by atoms with Crippen molar-refractivity contribution >= 4 is 29.3 Å². The Kier molecular flexibility index (Phi) is 3.15. The molecule has 6 heteroatoms. The number of carbonyl (C=O) groups excluding carboxylic acids is 1. The number of benzene rings is 1. The molecule has 1 aromatic heterocycles. The van der Waals surface area contributed by atoms with E-state index in [0.29, 0.717) is 16.3 Å². The average Bonchev–Trinajstić information content (AvgIpc) is 2.55. The van der Waals surface area contributed by atoms with Crippen molar-refractivity contribution < 1.29 is 14.7 Å². The second-order valence-electron chi connectivity index (χ2n) is 4.21. The summed E-state index contributed by atoms with van der Waals surface area (Å²) in [6.45, 7) is -0.370. The van der Waals surface area contributed by atoms with Crippen LogP contribution in [0.3, 0.4) is 0 Å². The number of pyridine rings is 1. The van der Waals surface area contributed by atoms with Crippen LogP contribution in [0.5, 0.6) is 0 Å². The van der Waals surface area contributed by atoms with Gasteiger partial charge in [-0.2, -0.15) is 0 Å². The molecule has 100 valence electrons. The largest absolute Gasteiger partial charge is 0.480 e. The van der Waals surface area contributed by atoms with Crippen molar-refractivity contribution in [2.45, 2.75) is 9.92 Å².